The van der Waals surface area contributed by atoms with Crippen molar-refractivity contribution in [1.82, 2.24) is 4.90 Å². The lowest BCUT2D eigenvalue weighted by Gasteiger charge is -2.21. The number of nitrogens with zero attached hydrogens (tertiary/aromatic N) is 1. The van der Waals surface area contributed by atoms with E-state index in [1.165, 1.54) is 5.57 Å². The van der Waals surface area contributed by atoms with Crippen LogP contribution in [-0.4, -0.2) is 49.3 Å². The molecule has 110 valence electrons. The average Bonchev–Trinajstić information content (AvgIpc) is 2.78. The van der Waals surface area contributed by atoms with Gasteiger partial charge in [-0.25, -0.2) is 0 Å². The molecule has 19 heavy (non-hydrogen) atoms. The molecule has 0 spiro atoms. The van der Waals surface area contributed by atoms with Crippen molar-refractivity contribution in [2.24, 2.45) is 17.3 Å². The first-order valence-corrected chi connectivity index (χ1v) is 6.78. The van der Waals surface area contributed by atoms with E-state index in [0.29, 0.717) is 12.5 Å². The van der Waals surface area contributed by atoms with Crippen molar-refractivity contribution in [3.05, 3.63) is 11.6 Å². The molecule has 0 aromatic heterocycles. The van der Waals surface area contributed by atoms with Gasteiger partial charge in [0.25, 0.3) is 0 Å². The molecule has 0 aromatic rings. The molecule has 0 unspecified atom stereocenters. The Bertz CT molecular complexity index is 358. The Hall–Kier alpha value is -0.870. The molecule has 4 heteroatoms. The molecule has 4 nitrogen and oxygen atoms in total. The lowest BCUT2D eigenvalue weighted by Crippen LogP contribution is -2.37. The summed E-state index contributed by atoms with van der Waals surface area (Å²) in [6.07, 6.45) is 1.56. The molecule has 0 aliphatic heterocycles. The minimum Gasteiger partial charge on any atom is -0.389 e. The molecule has 1 rings (SSSR count). The zero-order chi connectivity index (χ0) is 14.8. The van der Waals surface area contributed by atoms with Gasteiger partial charge in [-0.15, -0.1) is 0 Å². The van der Waals surface area contributed by atoms with E-state index in [1.54, 1.807) is 19.1 Å². The number of aliphatic hydroxyl groups excluding tert-OH is 1. The Kier molecular flexibility index (Phi) is 5.16. The molecular weight excluding hydrogens is 242 g/mol. The van der Waals surface area contributed by atoms with Crippen LogP contribution in [0.2, 0.25) is 0 Å². The summed E-state index contributed by atoms with van der Waals surface area (Å²) < 4.78 is 4.88. The third-order valence-corrected chi connectivity index (χ3v) is 3.91. The van der Waals surface area contributed by atoms with Crippen molar-refractivity contribution in [2.75, 3.05) is 27.3 Å². The number of allylic oxidation sites excluding steroid dienone is 2. The van der Waals surface area contributed by atoms with Crippen LogP contribution >= 0.6 is 0 Å². The van der Waals surface area contributed by atoms with Crippen LogP contribution in [0.15, 0.2) is 11.6 Å². The lowest BCUT2D eigenvalue weighted by molar-refractivity contribution is -0.133. The number of aliphatic hydroxyl groups is 1. The van der Waals surface area contributed by atoms with Gasteiger partial charge >= 0.3 is 0 Å². The van der Waals surface area contributed by atoms with Gasteiger partial charge < -0.3 is 14.7 Å². The Morgan fingerprint density at radius 2 is 2.05 bits per heavy atom. The fourth-order valence-electron chi connectivity index (χ4n) is 2.71. The van der Waals surface area contributed by atoms with Gasteiger partial charge in [0.1, 0.15) is 0 Å². The number of carbonyl (C=O) groups is 1. The summed E-state index contributed by atoms with van der Waals surface area (Å²) >= 11 is 0. The predicted molar refractivity (Wildman–Crippen MR) is 75.7 cm³/mol. The summed E-state index contributed by atoms with van der Waals surface area (Å²) in [7, 11) is 3.29. The highest BCUT2D eigenvalue weighted by molar-refractivity contribution is 5.83. The number of hydrogen-bond donors (Lipinski definition) is 1. The largest absolute Gasteiger partial charge is 0.389 e. The van der Waals surface area contributed by atoms with Crippen LogP contribution in [0.3, 0.4) is 0 Å². The number of carbonyl (C=O) groups excluding carboxylic acids is 1. The molecule has 0 heterocycles. The van der Waals surface area contributed by atoms with Crippen molar-refractivity contribution >= 4 is 5.91 Å². The lowest BCUT2D eigenvalue weighted by atomic mass is 10.1. The molecule has 0 saturated heterocycles. The van der Waals surface area contributed by atoms with Gasteiger partial charge in [-0.3, -0.25) is 4.79 Å². The standard InChI is InChI=1S/C15H27NO3/c1-10(2)7-12-13(15(12,3)4)14(18)16(5)8-11(17)9-19-6/h7,11-13,17H,8-9H2,1-6H3/t11-,12-,13+/m1/s1. The number of ether oxygens (including phenoxy) is 1. The van der Waals surface area contributed by atoms with Crippen LogP contribution in [0.4, 0.5) is 0 Å². The number of amides is 1. The second-order valence-corrected chi connectivity index (χ2v) is 6.40. The third kappa shape index (κ3) is 3.80. The van der Waals surface area contributed by atoms with E-state index in [2.05, 4.69) is 33.8 Å². The second kappa shape index (κ2) is 6.06. The first-order valence-electron chi connectivity index (χ1n) is 6.78. The maximum atomic E-state index is 12.4. The van der Waals surface area contributed by atoms with Crippen molar-refractivity contribution in [3.63, 3.8) is 0 Å². The Balaban J connectivity index is 2.61. The number of likely N-dealkylation sites (N-methyl/N-ethyl adjacent to an activating group) is 1. The highest BCUT2D eigenvalue weighted by atomic mass is 16.5. The first kappa shape index (κ1) is 16.2. The average molecular weight is 269 g/mol. The topological polar surface area (TPSA) is 49.8 Å². The van der Waals surface area contributed by atoms with E-state index in [9.17, 15) is 9.90 Å². The van der Waals surface area contributed by atoms with E-state index >= 15 is 0 Å². The summed E-state index contributed by atoms with van der Waals surface area (Å²) in [5, 5.41) is 9.68. The van der Waals surface area contributed by atoms with E-state index in [-0.39, 0.29) is 23.8 Å². The number of methoxy groups -OCH3 is 1. The van der Waals surface area contributed by atoms with E-state index in [4.69, 9.17) is 4.74 Å². The summed E-state index contributed by atoms with van der Waals surface area (Å²) in [6.45, 7) is 8.94. The molecular formula is C15H27NO3. The summed E-state index contributed by atoms with van der Waals surface area (Å²) in [4.78, 5) is 14.0. The van der Waals surface area contributed by atoms with Gasteiger partial charge in [-0.05, 0) is 25.2 Å². The molecule has 0 radical (unpaired) electrons. The van der Waals surface area contributed by atoms with Crippen LogP contribution in [0.1, 0.15) is 27.7 Å². The van der Waals surface area contributed by atoms with Gasteiger partial charge in [-0.2, -0.15) is 0 Å². The zero-order valence-corrected chi connectivity index (χ0v) is 12.9. The summed E-state index contributed by atoms with van der Waals surface area (Å²) in [5.41, 5.74) is 1.27. The molecule has 1 aliphatic carbocycles. The van der Waals surface area contributed by atoms with Gasteiger partial charge in [-0.1, -0.05) is 25.5 Å². The van der Waals surface area contributed by atoms with Crippen LogP contribution in [0.25, 0.3) is 0 Å². The van der Waals surface area contributed by atoms with Crippen LogP contribution < -0.4 is 0 Å². The Labute approximate surface area is 116 Å². The summed E-state index contributed by atoms with van der Waals surface area (Å²) in [5.74, 6) is 0.455. The Morgan fingerprint density at radius 3 is 2.53 bits per heavy atom. The minimum absolute atomic E-state index is 0.0226. The normalized spacial score (nSPS) is 25.6. The van der Waals surface area contributed by atoms with Gasteiger partial charge in [0.2, 0.25) is 5.91 Å². The molecule has 1 saturated carbocycles. The minimum atomic E-state index is -0.622. The molecule has 3 atom stereocenters. The van der Waals surface area contributed by atoms with Crippen molar-refractivity contribution in [3.8, 4) is 0 Å². The van der Waals surface area contributed by atoms with Gasteiger partial charge in [0.05, 0.1) is 18.6 Å². The van der Waals surface area contributed by atoms with Crippen molar-refractivity contribution in [1.29, 1.82) is 0 Å². The monoisotopic (exact) mass is 269 g/mol. The Morgan fingerprint density at radius 1 is 1.47 bits per heavy atom. The second-order valence-electron chi connectivity index (χ2n) is 6.40. The zero-order valence-electron chi connectivity index (χ0n) is 12.9. The first-order chi connectivity index (χ1) is 8.71. The molecule has 0 aromatic carbocycles. The molecule has 1 amide bonds. The van der Waals surface area contributed by atoms with E-state index in [0.717, 1.165) is 0 Å². The molecule has 1 aliphatic rings. The SMILES string of the molecule is COC[C@H](O)CN(C)C(=O)[C@@H]1[C@@H](C=C(C)C)C1(C)C. The summed E-state index contributed by atoms with van der Waals surface area (Å²) in [6, 6.07) is 0. The number of hydrogen-bond acceptors (Lipinski definition) is 3. The molecule has 0 bridgehead atoms. The van der Waals surface area contributed by atoms with Crippen molar-refractivity contribution in [2.45, 2.75) is 33.8 Å². The van der Waals surface area contributed by atoms with Gasteiger partial charge in [0.15, 0.2) is 0 Å². The van der Waals surface area contributed by atoms with Gasteiger partial charge in [0, 0.05) is 20.7 Å². The highest BCUT2D eigenvalue weighted by Crippen LogP contribution is 2.59. The smallest absolute Gasteiger partial charge is 0.226 e. The van der Waals surface area contributed by atoms with Crippen LogP contribution in [-0.2, 0) is 9.53 Å². The molecule has 1 fully saturated rings. The maximum Gasteiger partial charge on any atom is 0.226 e. The quantitative estimate of drug-likeness (QED) is 0.747. The van der Waals surface area contributed by atoms with E-state index < -0.39 is 6.10 Å². The third-order valence-electron chi connectivity index (χ3n) is 3.91. The fourth-order valence-corrected chi connectivity index (χ4v) is 2.71. The fraction of sp³-hybridized carbons (Fsp3) is 0.800. The number of rotatable bonds is 6. The van der Waals surface area contributed by atoms with Crippen molar-refractivity contribution < 1.29 is 14.6 Å². The maximum absolute atomic E-state index is 12.4. The molecule has 1 N–H and O–H groups in total. The van der Waals surface area contributed by atoms with E-state index in [1.807, 2.05) is 0 Å². The van der Waals surface area contributed by atoms with Crippen LogP contribution in [0.5, 0.6) is 0 Å². The van der Waals surface area contributed by atoms with Crippen LogP contribution in [0, 0.1) is 17.3 Å². The highest BCUT2D eigenvalue weighted by Gasteiger charge is 2.60. The predicted octanol–water partition coefficient (Wildman–Crippen LogP) is 1.69.